The molecule has 1 amide bonds. The second-order valence-corrected chi connectivity index (χ2v) is 5.35. The van der Waals surface area contributed by atoms with Gasteiger partial charge in [-0.15, -0.1) is 0 Å². The van der Waals surface area contributed by atoms with Crippen molar-refractivity contribution in [2.75, 3.05) is 26.2 Å². The molecule has 1 unspecified atom stereocenters. The zero-order chi connectivity index (χ0) is 11.5. The van der Waals surface area contributed by atoms with E-state index in [1.165, 1.54) is 25.9 Å². The number of nitrogens with zero attached hydrogens (tertiary/aromatic N) is 1. The van der Waals surface area contributed by atoms with E-state index in [0.29, 0.717) is 12.6 Å². The van der Waals surface area contributed by atoms with Gasteiger partial charge in [-0.25, -0.2) is 0 Å². The molecular formula is C12H23N3O. The Balaban J connectivity index is 1.72. The molecule has 0 aliphatic carbocycles. The van der Waals surface area contributed by atoms with Gasteiger partial charge in [-0.1, -0.05) is 0 Å². The molecule has 3 aliphatic heterocycles. The number of nitrogens with one attached hydrogen (secondary N) is 2. The van der Waals surface area contributed by atoms with Crippen LogP contribution < -0.4 is 10.6 Å². The number of hydrogen-bond acceptors (Lipinski definition) is 3. The summed E-state index contributed by atoms with van der Waals surface area (Å²) in [5.41, 5.74) is 0. The van der Waals surface area contributed by atoms with Crippen molar-refractivity contribution in [2.45, 2.75) is 38.8 Å². The molecule has 1 atom stereocenters. The summed E-state index contributed by atoms with van der Waals surface area (Å²) in [6.45, 7) is 8.08. The van der Waals surface area contributed by atoms with Crippen LogP contribution in [0.15, 0.2) is 0 Å². The van der Waals surface area contributed by atoms with Crippen LogP contribution in [0.1, 0.15) is 26.7 Å². The van der Waals surface area contributed by atoms with Gasteiger partial charge in [0, 0.05) is 18.6 Å². The highest BCUT2D eigenvalue weighted by Crippen LogP contribution is 2.27. The van der Waals surface area contributed by atoms with Gasteiger partial charge in [-0.3, -0.25) is 4.79 Å². The van der Waals surface area contributed by atoms with Gasteiger partial charge in [0.25, 0.3) is 0 Å². The van der Waals surface area contributed by atoms with Crippen LogP contribution in [0.2, 0.25) is 0 Å². The molecule has 0 aromatic rings. The van der Waals surface area contributed by atoms with Crippen LogP contribution in [-0.4, -0.2) is 49.1 Å². The van der Waals surface area contributed by atoms with Gasteiger partial charge in [-0.2, -0.15) is 0 Å². The molecule has 92 valence electrons. The van der Waals surface area contributed by atoms with Crippen molar-refractivity contribution in [3.63, 3.8) is 0 Å². The zero-order valence-electron chi connectivity index (χ0n) is 10.3. The summed E-state index contributed by atoms with van der Waals surface area (Å²) in [5, 5.41) is 6.32. The number of fused-ring (bicyclic) bond motifs is 3. The maximum Gasteiger partial charge on any atom is 0.234 e. The third kappa shape index (κ3) is 2.95. The zero-order valence-corrected chi connectivity index (χ0v) is 10.3. The van der Waals surface area contributed by atoms with Crippen molar-refractivity contribution in [1.29, 1.82) is 0 Å². The molecule has 0 spiro atoms. The number of amides is 1. The number of carbonyl (C=O) groups is 1. The Labute approximate surface area is 97.8 Å². The fourth-order valence-electron chi connectivity index (χ4n) is 2.79. The Morgan fingerprint density at radius 3 is 2.56 bits per heavy atom. The Kier molecular flexibility index (Phi) is 3.82. The molecule has 16 heavy (non-hydrogen) atoms. The van der Waals surface area contributed by atoms with Crippen molar-refractivity contribution in [2.24, 2.45) is 5.92 Å². The van der Waals surface area contributed by atoms with Gasteiger partial charge < -0.3 is 15.5 Å². The number of piperidine rings is 3. The van der Waals surface area contributed by atoms with Crippen molar-refractivity contribution in [3.8, 4) is 0 Å². The molecule has 4 nitrogen and oxygen atoms in total. The Morgan fingerprint density at radius 2 is 2.06 bits per heavy atom. The quantitative estimate of drug-likeness (QED) is 0.718. The maximum absolute atomic E-state index is 11.5. The maximum atomic E-state index is 11.5. The third-order valence-electron chi connectivity index (χ3n) is 3.63. The smallest absolute Gasteiger partial charge is 0.234 e. The van der Waals surface area contributed by atoms with Crippen LogP contribution in [0, 0.1) is 5.92 Å². The number of rotatable bonds is 4. The lowest BCUT2D eigenvalue weighted by atomic mass is 9.84. The van der Waals surface area contributed by atoms with E-state index in [1.807, 2.05) is 13.8 Å². The summed E-state index contributed by atoms with van der Waals surface area (Å²) >= 11 is 0. The largest absolute Gasteiger partial charge is 0.353 e. The van der Waals surface area contributed by atoms with Gasteiger partial charge in [0.05, 0.1) is 6.54 Å². The summed E-state index contributed by atoms with van der Waals surface area (Å²) in [7, 11) is 0. The second-order valence-electron chi connectivity index (χ2n) is 5.35. The van der Waals surface area contributed by atoms with E-state index in [0.717, 1.165) is 12.5 Å². The minimum Gasteiger partial charge on any atom is -0.353 e. The molecule has 2 bridgehead atoms. The minimum absolute atomic E-state index is 0.117. The van der Waals surface area contributed by atoms with Crippen molar-refractivity contribution in [3.05, 3.63) is 0 Å². The SMILES string of the molecule is CC(C)NC(=O)CNC1CN2CCC1CC2. The van der Waals surface area contributed by atoms with Gasteiger partial charge in [0.15, 0.2) is 0 Å². The molecule has 0 radical (unpaired) electrons. The van der Waals surface area contributed by atoms with E-state index in [2.05, 4.69) is 15.5 Å². The van der Waals surface area contributed by atoms with Gasteiger partial charge in [-0.05, 0) is 45.7 Å². The van der Waals surface area contributed by atoms with E-state index >= 15 is 0 Å². The van der Waals surface area contributed by atoms with E-state index in [1.54, 1.807) is 0 Å². The minimum atomic E-state index is 0.117. The van der Waals surface area contributed by atoms with Crippen LogP contribution >= 0.6 is 0 Å². The highest BCUT2D eigenvalue weighted by Gasteiger charge is 2.33. The van der Waals surface area contributed by atoms with Crippen molar-refractivity contribution in [1.82, 2.24) is 15.5 Å². The molecule has 3 aliphatic rings. The fourth-order valence-corrected chi connectivity index (χ4v) is 2.79. The van der Waals surface area contributed by atoms with Crippen LogP contribution in [0.5, 0.6) is 0 Å². The molecule has 0 saturated carbocycles. The monoisotopic (exact) mass is 225 g/mol. The Hall–Kier alpha value is -0.610. The molecule has 3 heterocycles. The standard InChI is InChI=1S/C12H23N3O/c1-9(2)14-12(16)7-13-11-8-15-5-3-10(11)4-6-15/h9-11,13H,3-8H2,1-2H3,(H,14,16). The van der Waals surface area contributed by atoms with E-state index in [4.69, 9.17) is 0 Å². The molecule has 0 aromatic heterocycles. The lowest BCUT2D eigenvalue weighted by Crippen LogP contribution is -2.57. The predicted octanol–water partition coefficient (Wildman–Crippen LogP) is 0.195. The second kappa shape index (κ2) is 5.15. The molecule has 3 saturated heterocycles. The van der Waals surface area contributed by atoms with Crippen LogP contribution in [-0.2, 0) is 4.79 Å². The summed E-state index contributed by atoms with van der Waals surface area (Å²) in [4.78, 5) is 14.0. The first-order valence-corrected chi connectivity index (χ1v) is 6.40. The van der Waals surface area contributed by atoms with E-state index in [-0.39, 0.29) is 11.9 Å². The lowest BCUT2D eigenvalue weighted by Gasteiger charge is -2.45. The normalized spacial score (nSPS) is 33.1. The van der Waals surface area contributed by atoms with Crippen LogP contribution in [0.25, 0.3) is 0 Å². The first kappa shape index (κ1) is 11.9. The summed E-state index contributed by atoms with van der Waals surface area (Å²) in [6, 6.07) is 0.765. The Morgan fingerprint density at radius 1 is 1.38 bits per heavy atom. The van der Waals surface area contributed by atoms with Gasteiger partial charge >= 0.3 is 0 Å². The third-order valence-corrected chi connectivity index (χ3v) is 3.63. The summed E-state index contributed by atoms with van der Waals surface area (Å²) in [5.74, 6) is 0.906. The first-order valence-electron chi connectivity index (χ1n) is 6.40. The summed E-state index contributed by atoms with van der Waals surface area (Å²) in [6.07, 6.45) is 2.59. The number of carbonyl (C=O) groups excluding carboxylic acids is 1. The van der Waals surface area contributed by atoms with Gasteiger partial charge in [0.1, 0.15) is 0 Å². The number of hydrogen-bond donors (Lipinski definition) is 2. The first-order chi connectivity index (χ1) is 7.65. The molecule has 0 aromatic carbocycles. The Bertz CT molecular complexity index is 247. The summed E-state index contributed by atoms with van der Waals surface area (Å²) < 4.78 is 0. The van der Waals surface area contributed by atoms with Crippen molar-refractivity contribution < 1.29 is 4.79 Å². The average Bonchev–Trinajstić information content (AvgIpc) is 2.27. The fraction of sp³-hybridized carbons (Fsp3) is 0.917. The van der Waals surface area contributed by atoms with Crippen LogP contribution in [0.3, 0.4) is 0 Å². The molecule has 4 heteroatoms. The van der Waals surface area contributed by atoms with Gasteiger partial charge in [0.2, 0.25) is 5.91 Å². The van der Waals surface area contributed by atoms with E-state index in [9.17, 15) is 4.79 Å². The predicted molar refractivity (Wildman–Crippen MR) is 64.2 cm³/mol. The molecule has 3 fully saturated rings. The van der Waals surface area contributed by atoms with E-state index < -0.39 is 0 Å². The lowest BCUT2D eigenvalue weighted by molar-refractivity contribution is -0.121. The topological polar surface area (TPSA) is 44.4 Å². The average molecular weight is 225 g/mol. The highest BCUT2D eigenvalue weighted by atomic mass is 16.1. The molecule has 2 N–H and O–H groups in total. The highest BCUT2D eigenvalue weighted by molar-refractivity contribution is 5.78. The molecular weight excluding hydrogens is 202 g/mol. The molecule has 3 rings (SSSR count). The van der Waals surface area contributed by atoms with Crippen LogP contribution in [0.4, 0.5) is 0 Å². The van der Waals surface area contributed by atoms with Crippen molar-refractivity contribution >= 4 is 5.91 Å².